The number of aliphatic hydroxyl groups is 1. The zero-order chi connectivity index (χ0) is 28.4. The predicted molar refractivity (Wildman–Crippen MR) is 155 cm³/mol. The number of aromatic nitrogens is 2. The lowest BCUT2D eigenvalue weighted by Crippen LogP contribution is -2.40. The lowest BCUT2D eigenvalue weighted by Gasteiger charge is -2.29. The average Bonchev–Trinajstić information content (AvgIpc) is 3.29. The summed E-state index contributed by atoms with van der Waals surface area (Å²) in [4.78, 5) is 32.2. The van der Waals surface area contributed by atoms with Gasteiger partial charge in [-0.1, -0.05) is 42.3 Å². The van der Waals surface area contributed by atoms with Crippen molar-refractivity contribution in [3.8, 4) is 17.0 Å². The molecule has 3 heterocycles. The minimum absolute atomic E-state index is 0.0333. The van der Waals surface area contributed by atoms with Gasteiger partial charge in [0.25, 0.3) is 5.91 Å². The molecule has 2 amide bonds. The number of nitrogens with zero attached hydrogens (tertiary/aromatic N) is 3. The monoisotopic (exact) mass is 580 g/mol. The molecule has 208 valence electrons. The zero-order valence-electron chi connectivity index (χ0n) is 22.3. The molecule has 8 nitrogen and oxygen atoms in total. The lowest BCUT2D eigenvalue weighted by atomic mass is 10.0. The second-order valence-electron chi connectivity index (χ2n) is 9.94. The fourth-order valence-corrected chi connectivity index (χ4v) is 5.47. The van der Waals surface area contributed by atoms with Crippen molar-refractivity contribution >= 4 is 40.8 Å². The van der Waals surface area contributed by atoms with Crippen molar-refractivity contribution in [1.29, 1.82) is 0 Å². The standard InChI is InChI=1S/C30H30Cl2N4O4/c1-3-26-29(40-30(39)33-16-19-13-23(31)15-24(32)14-19)36-17-22(12-18(2)27(36)34-26)20-4-6-21(7-5-20)28(38)35-10-8-25(37)9-11-35/h4-7,12-15,17,25,37H,3,8-11,16H2,1-2H3,(H,33,39). The molecule has 0 radical (unpaired) electrons. The minimum Gasteiger partial charge on any atom is -0.393 e. The van der Waals surface area contributed by atoms with Crippen molar-refractivity contribution in [2.24, 2.45) is 0 Å². The van der Waals surface area contributed by atoms with Crippen LogP contribution >= 0.6 is 23.2 Å². The number of fused-ring (bicyclic) bond motifs is 1. The highest BCUT2D eigenvalue weighted by molar-refractivity contribution is 6.34. The molecule has 1 aliphatic heterocycles. The van der Waals surface area contributed by atoms with Crippen LogP contribution in [0, 0.1) is 6.92 Å². The Labute approximate surface area is 242 Å². The van der Waals surface area contributed by atoms with E-state index in [9.17, 15) is 14.7 Å². The third-order valence-electron chi connectivity index (χ3n) is 7.03. The lowest BCUT2D eigenvalue weighted by molar-refractivity contribution is 0.0546. The van der Waals surface area contributed by atoms with Crippen LogP contribution in [0.3, 0.4) is 0 Å². The Hall–Kier alpha value is -3.59. The van der Waals surface area contributed by atoms with Crippen LogP contribution in [0.1, 0.15) is 46.9 Å². The first kappa shape index (κ1) is 28.0. The molecular weight excluding hydrogens is 551 g/mol. The first-order chi connectivity index (χ1) is 19.2. The molecule has 0 saturated carbocycles. The second kappa shape index (κ2) is 11.9. The van der Waals surface area contributed by atoms with E-state index in [1.54, 1.807) is 27.5 Å². The van der Waals surface area contributed by atoms with Crippen molar-refractivity contribution in [3.63, 3.8) is 0 Å². The maximum atomic E-state index is 12.9. The van der Waals surface area contributed by atoms with Gasteiger partial charge in [-0.05, 0) is 84.8 Å². The number of pyridine rings is 1. The van der Waals surface area contributed by atoms with Crippen LogP contribution in [0.2, 0.25) is 10.0 Å². The number of piperidine rings is 1. The number of aryl methyl sites for hydroxylation is 2. The highest BCUT2D eigenvalue weighted by atomic mass is 35.5. The summed E-state index contributed by atoms with van der Waals surface area (Å²) in [5, 5.41) is 13.4. The number of ether oxygens (including phenoxy) is 1. The first-order valence-electron chi connectivity index (χ1n) is 13.2. The summed E-state index contributed by atoms with van der Waals surface area (Å²) < 4.78 is 7.55. The number of hydrogen-bond acceptors (Lipinski definition) is 5. The normalized spacial score (nSPS) is 14.0. The number of amides is 2. The molecule has 40 heavy (non-hydrogen) atoms. The molecule has 0 atom stereocenters. The van der Waals surface area contributed by atoms with Gasteiger partial charge in [-0.3, -0.25) is 9.20 Å². The summed E-state index contributed by atoms with van der Waals surface area (Å²) >= 11 is 12.1. The molecule has 0 spiro atoms. The van der Waals surface area contributed by atoms with E-state index in [2.05, 4.69) is 5.32 Å². The number of imidazole rings is 1. The van der Waals surface area contributed by atoms with E-state index in [1.165, 1.54) is 0 Å². The molecule has 2 aromatic heterocycles. The van der Waals surface area contributed by atoms with E-state index >= 15 is 0 Å². The first-order valence-corrected chi connectivity index (χ1v) is 14.0. The van der Waals surface area contributed by atoms with Crippen LogP contribution in [0.25, 0.3) is 16.8 Å². The molecule has 0 unspecified atom stereocenters. The van der Waals surface area contributed by atoms with Gasteiger partial charge >= 0.3 is 6.09 Å². The third kappa shape index (κ3) is 6.09. The number of benzene rings is 2. The Balaban J connectivity index is 1.37. The van der Waals surface area contributed by atoms with Gasteiger partial charge in [0.05, 0.1) is 6.10 Å². The van der Waals surface area contributed by atoms with E-state index in [4.69, 9.17) is 32.9 Å². The largest absolute Gasteiger partial charge is 0.414 e. The number of likely N-dealkylation sites (tertiary alicyclic amines) is 1. The van der Waals surface area contributed by atoms with E-state index in [-0.39, 0.29) is 18.6 Å². The SMILES string of the molecule is CCc1nc2c(C)cc(-c3ccc(C(=O)N4CCC(O)CC4)cc3)cn2c1OC(=O)NCc1cc(Cl)cc(Cl)c1. The van der Waals surface area contributed by atoms with E-state index < -0.39 is 6.09 Å². The van der Waals surface area contributed by atoms with Crippen molar-refractivity contribution < 1.29 is 19.4 Å². The number of rotatable bonds is 6. The molecule has 1 aliphatic rings. The van der Waals surface area contributed by atoms with Crippen LogP contribution in [-0.2, 0) is 13.0 Å². The number of hydrogen-bond donors (Lipinski definition) is 2. The summed E-state index contributed by atoms with van der Waals surface area (Å²) in [6.45, 7) is 5.23. The summed E-state index contributed by atoms with van der Waals surface area (Å²) in [6, 6.07) is 14.6. The molecule has 5 rings (SSSR count). The van der Waals surface area contributed by atoms with Crippen LogP contribution in [0.4, 0.5) is 4.79 Å². The van der Waals surface area contributed by atoms with Crippen LogP contribution < -0.4 is 10.1 Å². The molecule has 2 aromatic carbocycles. The van der Waals surface area contributed by atoms with Crippen molar-refractivity contribution in [1.82, 2.24) is 19.6 Å². The van der Waals surface area contributed by atoms with Crippen molar-refractivity contribution in [3.05, 3.63) is 87.2 Å². The zero-order valence-corrected chi connectivity index (χ0v) is 23.8. The molecule has 0 bridgehead atoms. The van der Waals surface area contributed by atoms with Gasteiger partial charge in [0.15, 0.2) is 0 Å². The summed E-state index contributed by atoms with van der Waals surface area (Å²) in [5.41, 5.74) is 5.44. The molecular formula is C30H30Cl2N4O4. The molecule has 2 N–H and O–H groups in total. The van der Waals surface area contributed by atoms with E-state index in [1.807, 2.05) is 50.4 Å². The molecule has 4 aromatic rings. The highest BCUT2D eigenvalue weighted by Gasteiger charge is 2.23. The van der Waals surface area contributed by atoms with E-state index in [0.29, 0.717) is 65.2 Å². The van der Waals surface area contributed by atoms with Gasteiger partial charge in [0.1, 0.15) is 11.3 Å². The van der Waals surface area contributed by atoms with Gasteiger partial charge < -0.3 is 20.1 Å². The summed E-state index contributed by atoms with van der Waals surface area (Å²) in [7, 11) is 0. The Bertz CT molecular complexity index is 1540. The average molecular weight is 582 g/mol. The van der Waals surface area contributed by atoms with Gasteiger partial charge in [0.2, 0.25) is 5.88 Å². The third-order valence-corrected chi connectivity index (χ3v) is 7.46. The Morgan fingerprint density at radius 3 is 2.38 bits per heavy atom. The van der Waals surface area contributed by atoms with Crippen LogP contribution in [0.5, 0.6) is 5.88 Å². The molecule has 0 aliphatic carbocycles. The second-order valence-corrected chi connectivity index (χ2v) is 10.8. The molecule has 10 heteroatoms. The van der Waals surface area contributed by atoms with E-state index in [0.717, 1.165) is 22.3 Å². The smallest absolute Gasteiger partial charge is 0.393 e. The molecule has 1 saturated heterocycles. The maximum absolute atomic E-state index is 12.9. The van der Waals surface area contributed by atoms with Crippen molar-refractivity contribution in [2.75, 3.05) is 13.1 Å². The molecule has 1 fully saturated rings. The van der Waals surface area contributed by atoms with Gasteiger partial charge in [-0.15, -0.1) is 0 Å². The fraction of sp³-hybridized carbons (Fsp3) is 0.300. The number of carbonyl (C=O) groups excluding carboxylic acids is 2. The van der Waals surface area contributed by atoms with Gasteiger partial charge in [-0.25, -0.2) is 9.78 Å². The summed E-state index contributed by atoms with van der Waals surface area (Å²) in [6.07, 6.45) is 2.71. The fourth-order valence-electron chi connectivity index (χ4n) is 4.90. The topological polar surface area (TPSA) is 96.2 Å². The number of aliphatic hydroxyl groups excluding tert-OH is 1. The Kier molecular flexibility index (Phi) is 8.30. The number of nitrogens with one attached hydrogen (secondary N) is 1. The summed E-state index contributed by atoms with van der Waals surface area (Å²) in [5.74, 6) is 0.317. The Morgan fingerprint density at radius 1 is 1.05 bits per heavy atom. The minimum atomic E-state index is -0.622. The maximum Gasteiger partial charge on any atom is 0.414 e. The van der Waals surface area contributed by atoms with Gasteiger partial charge in [0, 0.05) is 41.4 Å². The van der Waals surface area contributed by atoms with Crippen LogP contribution in [0.15, 0.2) is 54.7 Å². The quantitative estimate of drug-likeness (QED) is 0.289. The predicted octanol–water partition coefficient (Wildman–Crippen LogP) is 6.06. The van der Waals surface area contributed by atoms with Crippen molar-refractivity contribution in [2.45, 2.75) is 45.8 Å². The Morgan fingerprint density at radius 2 is 1.73 bits per heavy atom. The van der Waals surface area contributed by atoms with Crippen LogP contribution in [-0.4, -0.2) is 50.6 Å². The van der Waals surface area contributed by atoms with Gasteiger partial charge in [-0.2, -0.15) is 0 Å². The number of carbonyl (C=O) groups is 2. The highest BCUT2D eigenvalue weighted by Crippen LogP contribution is 2.29. The number of halogens is 2.